The Kier molecular flexibility index (Phi) is 6.75. The van der Waals surface area contributed by atoms with E-state index in [9.17, 15) is 0 Å². The zero-order valence-corrected chi connectivity index (χ0v) is 25.4. The van der Waals surface area contributed by atoms with Gasteiger partial charge in [0.05, 0.1) is 0 Å². The van der Waals surface area contributed by atoms with Crippen molar-refractivity contribution < 1.29 is 0 Å². The Morgan fingerprint density at radius 2 is 0.864 bits per heavy atom. The van der Waals surface area contributed by atoms with E-state index in [2.05, 4.69) is 131 Å². The molecule has 44 heavy (non-hydrogen) atoms. The molecule has 0 spiro atoms. The standard InChI is InChI=1S/C40H28Cl2N2/c41-31-15-19-35(20-16-31)43(33-7-3-1-4-8-33)37-23-27-11-13-29-25-38(26-30-14-12-28(24-37)39(27)40(29)30)44(34-9-5-2-6-10-34)36-21-17-32(42)18-22-36/h1-17,19-21,23-26H,18,22H2. The SMILES string of the molecule is ClC1=CC=C(N(c2ccccc2)c2cc3ccc4cc(N(c5ccccc5)c5ccc(Cl)cc5)cc5ccc(c2)c3c45)CC1. The fourth-order valence-electron chi connectivity index (χ4n) is 6.52. The molecule has 0 heterocycles. The van der Waals surface area contributed by atoms with E-state index in [1.165, 1.54) is 38.0 Å². The van der Waals surface area contributed by atoms with E-state index >= 15 is 0 Å². The van der Waals surface area contributed by atoms with Gasteiger partial charge in [-0.15, -0.1) is 0 Å². The molecule has 1 aliphatic rings. The lowest BCUT2D eigenvalue weighted by atomic mass is 9.92. The number of benzene rings is 7. The molecule has 0 fully saturated rings. The summed E-state index contributed by atoms with van der Waals surface area (Å²) in [5, 5.41) is 9.10. The third-order valence-corrected chi connectivity index (χ3v) is 9.06. The zero-order chi connectivity index (χ0) is 29.6. The van der Waals surface area contributed by atoms with Crippen LogP contribution in [0.25, 0.3) is 32.3 Å². The summed E-state index contributed by atoms with van der Waals surface area (Å²) in [6, 6.07) is 47.4. The van der Waals surface area contributed by atoms with Gasteiger partial charge in [-0.1, -0.05) is 83.9 Å². The van der Waals surface area contributed by atoms with Crippen molar-refractivity contribution in [2.75, 3.05) is 9.80 Å². The van der Waals surface area contributed by atoms with Gasteiger partial charge in [0.15, 0.2) is 0 Å². The topological polar surface area (TPSA) is 6.48 Å². The molecule has 212 valence electrons. The van der Waals surface area contributed by atoms with Crippen LogP contribution in [0.15, 0.2) is 156 Å². The molecule has 7 aromatic carbocycles. The maximum absolute atomic E-state index is 6.35. The van der Waals surface area contributed by atoms with Crippen LogP contribution in [-0.2, 0) is 0 Å². The van der Waals surface area contributed by atoms with E-state index in [1.54, 1.807) is 0 Å². The molecular formula is C40H28Cl2N2. The minimum atomic E-state index is 0.725. The van der Waals surface area contributed by atoms with Crippen LogP contribution < -0.4 is 9.80 Å². The highest BCUT2D eigenvalue weighted by Gasteiger charge is 2.20. The summed E-state index contributed by atoms with van der Waals surface area (Å²) in [5.41, 5.74) is 6.80. The number of halogens is 2. The number of nitrogens with zero attached hydrogens (tertiary/aromatic N) is 2. The molecule has 2 nitrogen and oxygen atoms in total. The van der Waals surface area contributed by atoms with E-state index in [-0.39, 0.29) is 0 Å². The predicted molar refractivity (Wildman–Crippen MR) is 190 cm³/mol. The first-order valence-electron chi connectivity index (χ1n) is 14.9. The molecule has 0 radical (unpaired) electrons. The van der Waals surface area contributed by atoms with Gasteiger partial charge >= 0.3 is 0 Å². The maximum Gasteiger partial charge on any atom is 0.0473 e. The number of anilines is 5. The molecule has 0 N–H and O–H groups in total. The van der Waals surface area contributed by atoms with Crippen molar-refractivity contribution in [1.29, 1.82) is 0 Å². The zero-order valence-electron chi connectivity index (χ0n) is 23.9. The summed E-state index contributed by atoms with van der Waals surface area (Å²) >= 11 is 12.6. The van der Waals surface area contributed by atoms with Gasteiger partial charge in [0.2, 0.25) is 0 Å². The van der Waals surface area contributed by atoms with Gasteiger partial charge in [-0.3, -0.25) is 0 Å². The molecule has 0 bridgehead atoms. The van der Waals surface area contributed by atoms with Crippen molar-refractivity contribution in [2.45, 2.75) is 12.8 Å². The fraction of sp³-hybridized carbons (Fsp3) is 0.0500. The fourth-order valence-corrected chi connectivity index (χ4v) is 6.81. The van der Waals surface area contributed by atoms with Crippen molar-refractivity contribution >= 4 is 84.0 Å². The maximum atomic E-state index is 6.35. The average molecular weight is 608 g/mol. The number of hydrogen-bond donors (Lipinski definition) is 0. The van der Waals surface area contributed by atoms with Crippen LogP contribution in [0.5, 0.6) is 0 Å². The van der Waals surface area contributed by atoms with Crippen molar-refractivity contribution in [1.82, 2.24) is 0 Å². The van der Waals surface area contributed by atoms with Crippen LogP contribution in [0.3, 0.4) is 0 Å². The highest BCUT2D eigenvalue weighted by Crippen LogP contribution is 2.44. The molecule has 0 saturated carbocycles. The molecule has 1 aliphatic carbocycles. The largest absolute Gasteiger partial charge is 0.314 e. The van der Waals surface area contributed by atoms with Gasteiger partial charge in [-0.25, -0.2) is 0 Å². The Morgan fingerprint density at radius 1 is 0.409 bits per heavy atom. The van der Waals surface area contributed by atoms with Crippen molar-refractivity contribution in [2.24, 2.45) is 0 Å². The van der Waals surface area contributed by atoms with Crippen molar-refractivity contribution in [3.05, 3.63) is 161 Å². The number of rotatable bonds is 6. The lowest BCUT2D eigenvalue weighted by molar-refractivity contribution is 0.907. The Morgan fingerprint density at radius 3 is 1.34 bits per heavy atom. The lowest BCUT2D eigenvalue weighted by Gasteiger charge is -2.30. The second-order valence-electron chi connectivity index (χ2n) is 11.3. The van der Waals surface area contributed by atoms with Crippen LogP contribution in [0.2, 0.25) is 5.02 Å². The first-order valence-corrected chi connectivity index (χ1v) is 15.6. The predicted octanol–water partition coefficient (Wildman–Crippen LogP) is 12.6. The third kappa shape index (κ3) is 4.77. The molecule has 4 heteroatoms. The normalized spacial score (nSPS) is 13.3. The van der Waals surface area contributed by atoms with Gasteiger partial charge < -0.3 is 9.80 Å². The molecule has 0 atom stereocenters. The Hall–Kier alpha value is -4.76. The average Bonchev–Trinajstić information content (AvgIpc) is 3.06. The highest BCUT2D eigenvalue weighted by molar-refractivity contribution is 6.30. The number of hydrogen-bond acceptors (Lipinski definition) is 2. The Bertz CT molecular complexity index is 2120. The molecule has 0 amide bonds. The summed E-state index contributed by atoms with van der Waals surface area (Å²) < 4.78 is 0. The van der Waals surface area contributed by atoms with Crippen LogP contribution in [0.4, 0.5) is 28.4 Å². The summed E-state index contributed by atoms with van der Waals surface area (Å²) in [4.78, 5) is 4.66. The molecule has 0 saturated heterocycles. The number of allylic oxidation sites excluding steroid dienone is 4. The van der Waals surface area contributed by atoms with Gasteiger partial charge in [-0.2, -0.15) is 0 Å². The van der Waals surface area contributed by atoms with Crippen molar-refractivity contribution in [3.8, 4) is 0 Å². The van der Waals surface area contributed by atoms with Gasteiger partial charge in [0.25, 0.3) is 0 Å². The van der Waals surface area contributed by atoms with Gasteiger partial charge in [-0.05, 0) is 130 Å². The van der Waals surface area contributed by atoms with Crippen LogP contribution in [-0.4, -0.2) is 0 Å². The van der Waals surface area contributed by atoms with Crippen molar-refractivity contribution in [3.63, 3.8) is 0 Å². The summed E-state index contributed by atoms with van der Waals surface area (Å²) in [6.45, 7) is 0. The first kappa shape index (κ1) is 26.8. The minimum Gasteiger partial charge on any atom is -0.314 e. The smallest absolute Gasteiger partial charge is 0.0473 e. The third-order valence-electron chi connectivity index (χ3n) is 8.50. The minimum absolute atomic E-state index is 0.725. The highest BCUT2D eigenvalue weighted by atomic mass is 35.5. The second kappa shape index (κ2) is 11.1. The van der Waals surface area contributed by atoms with E-state index in [4.69, 9.17) is 23.2 Å². The van der Waals surface area contributed by atoms with E-state index in [0.717, 1.165) is 51.3 Å². The van der Waals surface area contributed by atoms with Crippen LogP contribution in [0.1, 0.15) is 12.8 Å². The van der Waals surface area contributed by atoms with E-state index in [0.29, 0.717) is 0 Å². The quantitative estimate of drug-likeness (QED) is 0.174. The van der Waals surface area contributed by atoms with Gasteiger partial charge in [0, 0.05) is 44.2 Å². The number of para-hydroxylation sites is 2. The molecule has 0 aliphatic heterocycles. The Balaban J connectivity index is 1.30. The Labute approximate surface area is 267 Å². The summed E-state index contributed by atoms with van der Waals surface area (Å²) in [5.74, 6) is 0. The summed E-state index contributed by atoms with van der Waals surface area (Å²) in [6.07, 6.45) is 5.93. The monoisotopic (exact) mass is 606 g/mol. The summed E-state index contributed by atoms with van der Waals surface area (Å²) in [7, 11) is 0. The molecule has 0 unspecified atom stereocenters. The van der Waals surface area contributed by atoms with Gasteiger partial charge in [0.1, 0.15) is 0 Å². The van der Waals surface area contributed by atoms with E-state index in [1.807, 2.05) is 24.3 Å². The van der Waals surface area contributed by atoms with Crippen LogP contribution >= 0.6 is 23.2 Å². The first-order chi connectivity index (χ1) is 21.6. The lowest BCUT2D eigenvalue weighted by Crippen LogP contribution is -2.17. The molecular weight excluding hydrogens is 579 g/mol. The molecule has 8 rings (SSSR count). The van der Waals surface area contributed by atoms with Crippen LogP contribution in [0, 0.1) is 0 Å². The molecule has 7 aromatic rings. The molecule has 0 aromatic heterocycles. The van der Waals surface area contributed by atoms with E-state index < -0.39 is 0 Å². The second-order valence-corrected chi connectivity index (χ2v) is 12.2.